The van der Waals surface area contributed by atoms with E-state index in [9.17, 15) is 4.79 Å². The molecule has 0 amide bonds. The second kappa shape index (κ2) is 3.34. The molecule has 0 radical (unpaired) electrons. The summed E-state index contributed by atoms with van der Waals surface area (Å²) in [6.45, 7) is 1.89. The van der Waals surface area contributed by atoms with Crippen molar-refractivity contribution in [2.24, 2.45) is 16.2 Å². The lowest BCUT2D eigenvalue weighted by molar-refractivity contribution is -0.108. The van der Waals surface area contributed by atoms with Crippen molar-refractivity contribution in [2.45, 2.75) is 19.8 Å². The molecule has 1 aliphatic rings. The lowest BCUT2D eigenvalue weighted by atomic mass is 9.87. The minimum Gasteiger partial charge on any atom is -0.411 e. The van der Waals surface area contributed by atoms with E-state index in [-0.39, 0.29) is 17.3 Å². The molecule has 0 heterocycles. The maximum absolute atomic E-state index is 11.2. The molecule has 0 aromatic heterocycles. The van der Waals surface area contributed by atoms with E-state index in [2.05, 4.69) is 10.3 Å². The number of carbonyl (C=O) groups is 1. The molecule has 0 saturated heterocycles. The van der Waals surface area contributed by atoms with Gasteiger partial charge >= 0.3 is 0 Å². The first-order valence-corrected chi connectivity index (χ1v) is 3.65. The lowest BCUT2D eigenvalue weighted by Crippen LogP contribution is -2.32. The maximum Gasteiger partial charge on any atom is 0.228 e. The Morgan fingerprint density at radius 1 is 1.25 bits per heavy atom. The number of ketones is 1. The molecule has 0 aromatic carbocycles. The van der Waals surface area contributed by atoms with Crippen LogP contribution in [-0.4, -0.2) is 27.6 Å². The van der Waals surface area contributed by atoms with E-state index >= 15 is 0 Å². The Kier molecular flexibility index (Phi) is 2.42. The van der Waals surface area contributed by atoms with Crippen LogP contribution in [0.25, 0.3) is 0 Å². The van der Waals surface area contributed by atoms with Gasteiger partial charge in [0.1, 0.15) is 11.4 Å². The van der Waals surface area contributed by atoms with Crippen LogP contribution in [0.3, 0.4) is 0 Å². The molecule has 66 valence electrons. The van der Waals surface area contributed by atoms with Gasteiger partial charge in [-0.2, -0.15) is 0 Å². The molecule has 1 fully saturated rings. The van der Waals surface area contributed by atoms with Crippen LogP contribution in [0.5, 0.6) is 0 Å². The fourth-order valence-corrected chi connectivity index (χ4v) is 1.26. The SMILES string of the molecule is CC1CC(=NO)C(=O)C(=NO)C1. The van der Waals surface area contributed by atoms with Gasteiger partial charge in [-0.3, -0.25) is 4.79 Å². The van der Waals surface area contributed by atoms with Crippen LogP contribution < -0.4 is 0 Å². The molecule has 0 aliphatic heterocycles. The van der Waals surface area contributed by atoms with E-state index in [1.807, 2.05) is 6.92 Å². The molecule has 12 heavy (non-hydrogen) atoms. The monoisotopic (exact) mass is 170 g/mol. The fourth-order valence-electron chi connectivity index (χ4n) is 1.26. The zero-order valence-electron chi connectivity index (χ0n) is 6.69. The molecular formula is C7H10N2O3. The molecule has 1 saturated carbocycles. The van der Waals surface area contributed by atoms with E-state index in [4.69, 9.17) is 10.4 Å². The number of nitrogens with zero attached hydrogens (tertiary/aromatic N) is 2. The van der Waals surface area contributed by atoms with Crippen LogP contribution in [0, 0.1) is 5.92 Å². The number of rotatable bonds is 0. The molecule has 0 atom stereocenters. The molecule has 5 nitrogen and oxygen atoms in total. The molecule has 0 spiro atoms. The largest absolute Gasteiger partial charge is 0.411 e. The van der Waals surface area contributed by atoms with E-state index in [0.717, 1.165) is 0 Å². The van der Waals surface area contributed by atoms with Gasteiger partial charge in [-0.05, 0) is 18.8 Å². The van der Waals surface area contributed by atoms with Gasteiger partial charge in [-0.15, -0.1) is 0 Å². The van der Waals surface area contributed by atoms with Crippen molar-refractivity contribution in [3.8, 4) is 0 Å². The third kappa shape index (κ3) is 1.44. The van der Waals surface area contributed by atoms with Crippen molar-refractivity contribution in [3.05, 3.63) is 0 Å². The Bertz CT molecular complexity index is 233. The van der Waals surface area contributed by atoms with E-state index in [1.54, 1.807) is 0 Å². The van der Waals surface area contributed by atoms with Crippen LogP contribution in [0.2, 0.25) is 0 Å². The summed E-state index contributed by atoms with van der Waals surface area (Å²) in [6, 6.07) is 0. The van der Waals surface area contributed by atoms with Crippen molar-refractivity contribution in [1.29, 1.82) is 0 Å². The highest BCUT2D eigenvalue weighted by Gasteiger charge is 2.28. The maximum atomic E-state index is 11.2. The van der Waals surface area contributed by atoms with E-state index < -0.39 is 5.78 Å². The Morgan fingerprint density at radius 2 is 1.67 bits per heavy atom. The first kappa shape index (κ1) is 8.70. The van der Waals surface area contributed by atoms with Crippen molar-refractivity contribution < 1.29 is 15.2 Å². The van der Waals surface area contributed by atoms with E-state index in [0.29, 0.717) is 12.8 Å². The van der Waals surface area contributed by atoms with Crippen molar-refractivity contribution in [3.63, 3.8) is 0 Å². The summed E-state index contributed by atoms with van der Waals surface area (Å²) in [5.41, 5.74) is 0.142. The van der Waals surface area contributed by atoms with Gasteiger partial charge in [-0.25, -0.2) is 0 Å². The van der Waals surface area contributed by atoms with Crippen molar-refractivity contribution >= 4 is 17.2 Å². The number of hydrogen-bond donors (Lipinski definition) is 2. The van der Waals surface area contributed by atoms with Crippen molar-refractivity contribution in [2.75, 3.05) is 0 Å². The standard InChI is InChI=1S/C7H10N2O3/c1-4-2-5(8-11)7(10)6(3-4)9-12/h4,11-12H,2-3H2,1H3. The summed E-state index contributed by atoms with van der Waals surface area (Å²) in [5.74, 6) is -0.280. The van der Waals surface area contributed by atoms with Gasteiger partial charge in [0.05, 0.1) is 0 Å². The lowest BCUT2D eigenvalue weighted by Gasteiger charge is -2.17. The van der Waals surface area contributed by atoms with Crippen LogP contribution in [0.1, 0.15) is 19.8 Å². The van der Waals surface area contributed by atoms with Gasteiger partial charge < -0.3 is 10.4 Å². The number of oxime groups is 2. The zero-order chi connectivity index (χ0) is 9.14. The summed E-state index contributed by atoms with van der Waals surface area (Å²) >= 11 is 0. The average Bonchev–Trinajstić information content (AvgIpc) is 2.08. The number of Topliss-reactive ketones (excluding diaryl/α,β-unsaturated/α-hetero) is 1. The summed E-state index contributed by atoms with van der Waals surface area (Å²) in [6.07, 6.45) is 0.878. The highest BCUT2D eigenvalue weighted by molar-refractivity contribution is 6.67. The summed E-state index contributed by atoms with van der Waals surface area (Å²) in [7, 11) is 0. The van der Waals surface area contributed by atoms with Gasteiger partial charge in [0.15, 0.2) is 0 Å². The molecule has 5 heteroatoms. The molecule has 0 aromatic rings. The van der Waals surface area contributed by atoms with Crippen LogP contribution in [-0.2, 0) is 4.79 Å². The van der Waals surface area contributed by atoms with Crippen LogP contribution in [0.15, 0.2) is 10.3 Å². The third-order valence-electron chi connectivity index (χ3n) is 1.85. The molecular weight excluding hydrogens is 160 g/mol. The Labute approximate surface area is 69.4 Å². The predicted molar refractivity (Wildman–Crippen MR) is 41.8 cm³/mol. The van der Waals surface area contributed by atoms with Crippen molar-refractivity contribution in [1.82, 2.24) is 0 Å². The summed E-state index contributed by atoms with van der Waals surface area (Å²) in [4.78, 5) is 11.2. The number of carbonyl (C=O) groups excluding carboxylic acids is 1. The number of hydrogen-bond acceptors (Lipinski definition) is 5. The minimum atomic E-state index is -0.460. The van der Waals surface area contributed by atoms with Gasteiger partial charge in [0.25, 0.3) is 0 Å². The second-order valence-electron chi connectivity index (χ2n) is 2.94. The molecule has 0 bridgehead atoms. The normalized spacial score (nSPS) is 31.4. The first-order valence-electron chi connectivity index (χ1n) is 3.65. The quantitative estimate of drug-likeness (QED) is 0.413. The van der Waals surface area contributed by atoms with Gasteiger partial charge in [0.2, 0.25) is 5.78 Å². The molecule has 1 rings (SSSR count). The first-order chi connectivity index (χ1) is 5.69. The van der Waals surface area contributed by atoms with Crippen LogP contribution in [0.4, 0.5) is 0 Å². The zero-order valence-corrected chi connectivity index (χ0v) is 6.69. The summed E-state index contributed by atoms with van der Waals surface area (Å²) in [5, 5.41) is 22.6. The molecule has 0 unspecified atom stereocenters. The van der Waals surface area contributed by atoms with Crippen LogP contribution >= 0.6 is 0 Å². The topological polar surface area (TPSA) is 82.2 Å². The fraction of sp³-hybridized carbons (Fsp3) is 0.571. The molecule has 1 aliphatic carbocycles. The Hall–Kier alpha value is -1.39. The predicted octanol–water partition coefficient (Wildman–Crippen LogP) is 0.646. The minimum absolute atomic E-state index is 0.0709. The molecule has 2 N–H and O–H groups in total. The summed E-state index contributed by atoms with van der Waals surface area (Å²) < 4.78 is 0. The highest BCUT2D eigenvalue weighted by Crippen LogP contribution is 2.17. The Balaban J connectivity index is 2.90. The van der Waals surface area contributed by atoms with Gasteiger partial charge in [-0.1, -0.05) is 17.2 Å². The second-order valence-corrected chi connectivity index (χ2v) is 2.94. The Morgan fingerprint density at radius 3 is 2.00 bits per heavy atom. The smallest absolute Gasteiger partial charge is 0.228 e. The van der Waals surface area contributed by atoms with Gasteiger partial charge in [0, 0.05) is 0 Å². The average molecular weight is 170 g/mol. The van der Waals surface area contributed by atoms with E-state index in [1.165, 1.54) is 0 Å². The third-order valence-corrected chi connectivity index (χ3v) is 1.85. The highest BCUT2D eigenvalue weighted by atomic mass is 16.4.